The lowest BCUT2D eigenvalue weighted by molar-refractivity contribution is -0.128. The second kappa shape index (κ2) is 6.57. The number of carbonyl (C=O) groups is 2. The Kier molecular flexibility index (Phi) is 4.56. The van der Waals surface area contributed by atoms with E-state index in [9.17, 15) is 9.59 Å². The molecular weight excluding hydrogens is 258 g/mol. The highest BCUT2D eigenvalue weighted by Crippen LogP contribution is 2.11. The van der Waals surface area contributed by atoms with Crippen LogP contribution in [0.1, 0.15) is 12.0 Å². The molecule has 0 aliphatic carbocycles. The van der Waals surface area contributed by atoms with Crippen molar-refractivity contribution in [1.82, 2.24) is 10.2 Å². The summed E-state index contributed by atoms with van der Waals surface area (Å²) in [6.45, 7) is 0.879. The van der Waals surface area contributed by atoms with Gasteiger partial charge in [-0.1, -0.05) is 30.3 Å². The molecule has 1 aromatic rings. The van der Waals surface area contributed by atoms with Gasteiger partial charge < -0.3 is 10.1 Å². The number of hydrogen-bond donors (Lipinski definition) is 1. The molecule has 1 fully saturated rings. The predicted octanol–water partition coefficient (Wildman–Crippen LogP) is 1.04. The van der Waals surface area contributed by atoms with Crippen LogP contribution in [0.15, 0.2) is 30.3 Å². The van der Waals surface area contributed by atoms with E-state index in [0.717, 1.165) is 5.56 Å². The summed E-state index contributed by atoms with van der Waals surface area (Å²) in [6, 6.07) is 10.4. The van der Waals surface area contributed by atoms with Crippen molar-refractivity contribution in [3.05, 3.63) is 35.9 Å². The number of carbonyl (C=O) groups excluding carboxylic acids is 2. The maximum absolute atomic E-state index is 12.0. The van der Waals surface area contributed by atoms with Crippen LogP contribution in [0.25, 0.3) is 0 Å². The minimum atomic E-state index is -0.767. The van der Waals surface area contributed by atoms with Crippen molar-refractivity contribution in [2.75, 3.05) is 13.1 Å². The molecule has 0 unspecified atom stereocenters. The highest BCUT2D eigenvalue weighted by Gasteiger charge is 2.33. The van der Waals surface area contributed by atoms with Gasteiger partial charge in [0, 0.05) is 13.1 Å². The highest BCUT2D eigenvalue weighted by atomic mass is 16.6. The minimum absolute atomic E-state index is 0.0354. The zero-order valence-corrected chi connectivity index (χ0v) is 10.9. The number of hydrogen-bond acceptors (Lipinski definition) is 4. The Labute approximate surface area is 116 Å². The molecule has 0 spiro atoms. The van der Waals surface area contributed by atoms with Gasteiger partial charge in [-0.25, -0.2) is 4.79 Å². The first-order chi connectivity index (χ1) is 9.72. The van der Waals surface area contributed by atoms with Crippen LogP contribution >= 0.6 is 0 Å². The summed E-state index contributed by atoms with van der Waals surface area (Å²) < 4.78 is 5.19. The van der Waals surface area contributed by atoms with E-state index < -0.39 is 12.1 Å². The number of amides is 2. The molecule has 6 heteroatoms. The third-order valence-corrected chi connectivity index (χ3v) is 3.06. The van der Waals surface area contributed by atoms with Crippen molar-refractivity contribution in [2.45, 2.75) is 19.1 Å². The van der Waals surface area contributed by atoms with Crippen molar-refractivity contribution in [1.29, 1.82) is 5.26 Å². The van der Waals surface area contributed by atoms with Gasteiger partial charge in [-0.3, -0.25) is 9.69 Å². The molecule has 0 radical (unpaired) electrons. The summed E-state index contributed by atoms with van der Waals surface area (Å²) in [5.41, 5.74) is 0.874. The maximum atomic E-state index is 12.0. The van der Waals surface area contributed by atoms with Crippen LogP contribution in [0.4, 0.5) is 4.79 Å². The third-order valence-electron chi connectivity index (χ3n) is 3.06. The van der Waals surface area contributed by atoms with Gasteiger partial charge in [-0.05, 0) is 5.56 Å². The topological polar surface area (TPSA) is 82.4 Å². The molecule has 1 atom stereocenters. The summed E-state index contributed by atoms with van der Waals surface area (Å²) in [6.07, 6.45) is -0.601. The fourth-order valence-corrected chi connectivity index (χ4v) is 2.02. The number of nitriles is 1. The fourth-order valence-electron chi connectivity index (χ4n) is 2.02. The summed E-state index contributed by atoms with van der Waals surface area (Å²) in [4.78, 5) is 25.0. The number of ether oxygens (including phenoxy) is 1. The number of nitrogens with zero attached hydrogens (tertiary/aromatic N) is 2. The average Bonchev–Trinajstić information content (AvgIpc) is 2.48. The van der Waals surface area contributed by atoms with Gasteiger partial charge in [0.05, 0.1) is 12.5 Å². The molecule has 1 saturated heterocycles. The van der Waals surface area contributed by atoms with E-state index >= 15 is 0 Å². The van der Waals surface area contributed by atoms with Gasteiger partial charge >= 0.3 is 6.09 Å². The van der Waals surface area contributed by atoms with E-state index in [-0.39, 0.29) is 18.9 Å². The molecule has 20 heavy (non-hydrogen) atoms. The Hall–Kier alpha value is -2.55. The summed E-state index contributed by atoms with van der Waals surface area (Å²) >= 11 is 0. The lowest BCUT2D eigenvalue weighted by atomic mass is 10.1. The lowest BCUT2D eigenvalue weighted by Gasteiger charge is -2.32. The van der Waals surface area contributed by atoms with Crippen LogP contribution in [-0.2, 0) is 16.1 Å². The zero-order chi connectivity index (χ0) is 14.4. The molecule has 1 N–H and O–H groups in total. The van der Waals surface area contributed by atoms with Crippen molar-refractivity contribution >= 4 is 12.0 Å². The Morgan fingerprint density at radius 1 is 1.45 bits per heavy atom. The first kappa shape index (κ1) is 13.9. The molecule has 1 heterocycles. The first-order valence-corrected chi connectivity index (χ1v) is 6.34. The second-order valence-corrected chi connectivity index (χ2v) is 4.40. The van der Waals surface area contributed by atoms with Gasteiger partial charge in [-0.2, -0.15) is 5.26 Å². The highest BCUT2D eigenvalue weighted by molar-refractivity contribution is 5.87. The quantitative estimate of drug-likeness (QED) is 0.892. The molecule has 6 nitrogen and oxygen atoms in total. The second-order valence-electron chi connectivity index (χ2n) is 4.40. The van der Waals surface area contributed by atoms with Gasteiger partial charge in [-0.15, -0.1) is 0 Å². The Morgan fingerprint density at radius 3 is 2.90 bits per heavy atom. The van der Waals surface area contributed by atoms with Crippen LogP contribution in [0.5, 0.6) is 0 Å². The van der Waals surface area contributed by atoms with Gasteiger partial charge in [0.15, 0.2) is 0 Å². The molecule has 0 saturated carbocycles. The van der Waals surface area contributed by atoms with E-state index in [1.165, 1.54) is 4.90 Å². The summed E-state index contributed by atoms with van der Waals surface area (Å²) in [5, 5.41) is 11.4. The molecule has 1 aromatic carbocycles. The number of rotatable bonds is 3. The molecule has 1 aliphatic heterocycles. The fraction of sp³-hybridized carbons (Fsp3) is 0.357. The van der Waals surface area contributed by atoms with Crippen LogP contribution in [-0.4, -0.2) is 36.0 Å². The Morgan fingerprint density at radius 2 is 2.20 bits per heavy atom. The number of piperazine rings is 1. The molecule has 2 rings (SSSR count). The van der Waals surface area contributed by atoms with E-state index in [1.807, 2.05) is 36.4 Å². The standard InChI is InChI=1S/C14H15N3O3/c15-7-6-12-13(18)16-8-9-17(12)14(19)20-10-11-4-2-1-3-5-11/h1-5,12H,6,8-10H2,(H,16,18)/t12-/m0/s1. The monoisotopic (exact) mass is 273 g/mol. The summed E-state index contributed by atoms with van der Waals surface area (Å²) in [5.74, 6) is -0.311. The third kappa shape index (κ3) is 3.26. The lowest BCUT2D eigenvalue weighted by Crippen LogP contribution is -2.57. The minimum Gasteiger partial charge on any atom is -0.445 e. The van der Waals surface area contributed by atoms with Gasteiger partial charge in [0.25, 0.3) is 0 Å². The molecule has 0 bridgehead atoms. The van der Waals surface area contributed by atoms with Crippen LogP contribution < -0.4 is 5.32 Å². The number of benzene rings is 1. The molecule has 104 valence electrons. The van der Waals surface area contributed by atoms with Crippen LogP contribution in [0.2, 0.25) is 0 Å². The largest absolute Gasteiger partial charge is 0.445 e. The van der Waals surface area contributed by atoms with Gasteiger partial charge in [0.2, 0.25) is 5.91 Å². The van der Waals surface area contributed by atoms with Crippen molar-refractivity contribution < 1.29 is 14.3 Å². The van der Waals surface area contributed by atoms with E-state index in [0.29, 0.717) is 13.1 Å². The van der Waals surface area contributed by atoms with E-state index in [2.05, 4.69) is 5.32 Å². The first-order valence-electron chi connectivity index (χ1n) is 6.34. The SMILES string of the molecule is N#CC[C@H]1C(=O)NCCN1C(=O)OCc1ccccc1. The molecule has 2 amide bonds. The predicted molar refractivity (Wildman–Crippen MR) is 70.4 cm³/mol. The maximum Gasteiger partial charge on any atom is 0.410 e. The van der Waals surface area contributed by atoms with E-state index in [4.69, 9.17) is 10.00 Å². The van der Waals surface area contributed by atoms with Crippen molar-refractivity contribution in [2.24, 2.45) is 0 Å². The summed E-state index contributed by atoms with van der Waals surface area (Å²) in [7, 11) is 0. The molecular formula is C14H15N3O3. The van der Waals surface area contributed by atoms with Crippen LogP contribution in [0, 0.1) is 11.3 Å². The molecule has 0 aromatic heterocycles. The van der Waals surface area contributed by atoms with Gasteiger partial charge in [0.1, 0.15) is 12.6 Å². The number of nitrogens with one attached hydrogen (secondary N) is 1. The van der Waals surface area contributed by atoms with E-state index in [1.54, 1.807) is 0 Å². The Bertz CT molecular complexity index is 524. The smallest absolute Gasteiger partial charge is 0.410 e. The van der Waals surface area contributed by atoms with Crippen LogP contribution in [0.3, 0.4) is 0 Å². The normalized spacial score (nSPS) is 18.1. The molecule has 1 aliphatic rings. The van der Waals surface area contributed by atoms with Crippen molar-refractivity contribution in [3.8, 4) is 6.07 Å². The Balaban J connectivity index is 1.96. The van der Waals surface area contributed by atoms with Crippen molar-refractivity contribution in [3.63, 3.8) is 0 Å². The average molecular weight is 273 g/mol. The zero-order valence-electron chi connectivity index (χ0n) is 10.9.